The van der Waals surface area contributed by atoms with Crippen molar-refractivity contribution in [2.24, 2.45) is 5.41 Å². The molecule has 0 radical (unpaired) electrons. The normalized spacial score (nSPS) is 17.5. The first kappa shape index (κ1) is 10.2. The SMILES string of the molecule is CN(Cc1ccc[nH]1)C(=O)C1(CO)CC1. The van der Waals surface area contributed by atoms with E-state index in [-0.39, 0.29) is 12.5 Å². The summed E-state index contributed by atoms with van der Waals surface area (Å²) in [7, 11) is 1.78. The van der Waals surface area contributed by atoms with Crippen LogP contribution in [-0.2, 0) is 11.3 Å². The van der Waals surface area contributed by atoms with Crippen molar-refractivity contribution in [1.29, 1.82) is 0 Å². The number of aliphatic hydroxyl groups is 1. The first-order chi connectivity index (χ1) is 7.18. The fraction of sp³-hybridized carbons (Fsp3) is 0.545. The van der Waals surface area contributed by atoms with E-state index in [1.807, 2.05) is 18.3 Å². The Morgan fingerprint density at radius 3 is 2.87 bits per heavy atom. The highest BCUT2D eigenvalue weighted by Crippen LogP contribution is 2.46. The molecule has 1 heterocycles. The third kappa shape index (κ3) is 1.90. The standard InChI is InChI=1S/C11H16N2O2/c1-13(7-9-3-2-6-12-9)10(15)11(8-14)4-5-11/h2-3,6,12,14H,4-5,7-8H2,1H3. The Bertz CT molecular complexity index is 341. The molecule has 1 aliphatic carbocycles. The quantitative estimate of drug-likeness (QED) is 0.767. The van der Waals surface area contributed by atoms with Gasteiger partial charge in [-0.1, -0.05) is 0 Å². The Kier molecular flexibility index (Phi) is 2.52. The van der Waals surface area contributed by atoms with Gasteiger partial charge < -0.3 is 15.0 Å². The summed E-state index contributed by atoms with van der Waals surface area (Å²) in [6.45, 7) is 0.550. The van der Waals surface area contributed by atoms with E-state index in [0.717, 1.165) is 18.5 Å². The smallest absolute Gasteiger partial charge is 0.231 e. The van der Waals surface area contributed by atoms with E-state index in [0.29, 0.717) is 6.54 Å². The van der Waals surface area contributed by atoms with Crippen LogP contribution in [0, 0.1) is 5.41 Å². The second kappa shape index (κ2) is 3.70. The summed E-state index contributed by atoms with van der Waals surface area (Å²) >= 11 is 0. The van der Waals surface area contributed by atoms with Crippen LogP contribution in [0.2, 0.25) is 0 Å². The maximum absolute atomic E-state index is 11.9. The third-order valence-electron chi connectivity index (χ3n) is 3.03. The topological polar surface area (TPSA) is 56.3 Å². The summed E-state index contributed by atoms with van der Waals surface area (Å²) in [4.78, 5) is 16.7. The summed E-state index contributed by atoms with van der Waals surface area (Å²) in [5.74, 6) is 0.0552. The van der Waals surface area contributed by atoms with E-state index >= 15 is 0 Å². The molecule has 4 heteroatoms. The number of carbonyl (C=O) groups excluding carboxylic acids is 1. The van der Waals surface area contributed by atoms with Gasteiger partial charge in [0.15, 0.2) is 0 Å². The molecule has 0 aliphatic heterocycles. The van der Waals surface area contributed by atoms with Crippen LogP contribution in [0.1, 0.15) is 18.5 Å². The summed E-state index contributed by atoms with van der Waals surface area (Å²) < 4.78 is 0. The van der Waals surface area contributed by atoms with Crippen molar-refractivity contribution < 1.29 is 9.90 Å². The van der Waals surface area contributed by atoms with E-state index in [1.165, 1.54) is 0 Å². The minimum absolute atomic E-state index is 0.0269. The number of nitrogens with zero attached hydrogens (tertiary/aromatic N) is 1. The highest BCUT2D eigenvalue weighted by molar-refractivity contribution is 5.85. The molecule has 1 amide bonds. The van der Waals surface area contributed by atoms with E-state index < -0.39 is 5.41 Å². The second-order valence-corrected chi connectivity index (χ2v) is 4.30. The van der Waals surface area contributed by atoms with Crippen molar-refractivity contribution in [1.82, 2.24) is 9.88 Å². The molecule has 0 aromatic carbocycles. The Morgan fingerprint density at radius 2 is 2.40 bits per heavy atom. The average molecular weight is 208 g/mol. The Balaban J connectivity index is 1.96. The highest BCUT2D eigenvalue weighted by atomic mass is 16.3. The minimum Gasteiger partial charge on any atom is -0.395 e. The molecule has 0 bridgehead atoms. The zero-order valence-electron chi connectivity index (χ0n) is 8.86. The zero-order valence-corrected chi connectivity index (χ0v) is 8.86. The highest BCUT2D eigenvalue weighted by Gasteiger charge is 2.50. The number of carbonyl (C=O) groups is 1. The van der Waals surface area contributed by atoms with E-state index in [1.54, 1.807) is 11.9 Å². The van der Waals surface area contributed by atoms with Gasteiger partial charge in [-0.15, -0.1) is 0 Å². The molecule has 1 aromatic heterocycles. The van der Waals surface area contributed by atoms with Gasteiger partial charge in [-0.05, 0) is 25.0 Å². The number of rotatable bonds is 4. The lowest BCUT2D eigenvalue weighted by atomic mass is 10.1. The van der Waals surface area contributed by atoms with Crippen molar-refractivity contribution in [3.05, 3.63) is 24.0 Å². The Labute approximate surface area is 88.9 Å². The number of aromatic amines is 1. The molecule has 1 fully saturated rings. The first-order valence-corrected chi connectivity index (χ1v) is 5.17. The molecule has 2 N–H and O–H groups in total. The lowest BCUT2D eigenvalue weighted by Crippen LogP contribution is -2.35. The van der Waals surface area contributed by atoms with Crippen LogP contribution < -0.4 is 0 Å². The summed E-state index contributed by atoms with van der Waals surface area (Å²) in [6, 6.07) is 3.86. The van der Waals surface area contributed by atoms with E-state index in [9.17, 15) is 4.79 Å². The molecule has 15 heavy (non-hydrogen) atoms. The van der Waals surface area contributed by atoms with Crippen LogP contribution in [0.15, 0.2) is 18.3 Å². The number of H-pyrrole nitrogens is 1. The Hall–Kier alpha value is -1.29. The van der Waals surface area contributed by atoms with Gasteiger partial charge in [-0.2, -0.15) is 0 Å². The van der Waals surface area contributed by atoms with Crippen molar-refractivity contribution in [3.8, 4) is 0 Å². The van der Waals surface area contributed by atoms with Gasteiger partial charge in [0.2, 0.25) is 5.91 Å². The first-order valence-electron chi connectivity index (χ1n) is 5.17. The zero-order chi connectivity index (χ0) is 10.9. The largest absolute Gasteiger partial charge is 0.395 e. The number of hydrogen-bond donors (Lipinski definition) is 2. The van der Waals surface area contributed by atoms with Crippen molar-refractivity contribution in [3.63, 3.8) is 0 Å². The summed E-state index contributed by atoms with van der Waals surface area (Å²) in [6.07, 6.45) is 3.47. The minimum atomic E-state index is -0.457. The maximum atomic E-state index is 11.9. The number of aromatic nitrogens is 1. The second-order valence-electron chi connectivity index (χ2n) is 4.30. The van der Waals surface area contributed by atoms with Crippen molar-refractivity contribution in [2.75, 3.05) is 13.7 Å². The molecular formula is C11H16N2O2. The lowest BCUT2D eigenvalue weighted by Gasteiger charge is -2.21. The predicted molar refractivity (Wildman–Crippen MR) is 56.0 cm³/mol. The Morgan fingerprint density at radius 1 is 1.67 bits per heavy atom. The van der Waals surface area contributed by atoms with Gasteiger partial charge in [0.05, 0.1) is 18.6 Å². The number of aliphatic hydroxyl groups excluding tert-OH is 1. The van der Waals surface area contributed by atoms with Crippen LogP contribution in [-0.4, -0.2) is 34.6 Å². The third-order valence-corrected chi connectivity index (χ3v) is 3.03. The van der Waals surface area contributed by atoms with Gasteiger partial charge in [0, 0.05) is 18.9 Å². The molecular weight excluding hydrogens is 192 g/mol. The molecule has 82 valence electrons. The molecule has 1 aliphatic rings. The molecule has 1 aromatic rings. The van der Waals surface area contributed by atoms with Gasteiger partial charge in [0.25, 0.3) is 0 Å². The maximum Gasteiger partial charge on any atom is 0.231 e. The van der Waals surface area contributed by atoms with Crippen LogP contribution in [0.3, 0.4) is 0 Å². The molecule has 2 rings (SSSR count). The van der Waals surface area contributed by atoms with Gasteiger partial charge in [-0.25, -0.2) is 0 Å². The fourth-order valence-corrected chi connectivity index (χ4v) is 1.79. The van der Waals surface area contributed by atoms with Gasteiger partial charge in [0.1, 0.15) is 0 Å². The molecule has 4 nitrogen and oxygen atoms in total. The molecule has 0 unspecified atom stereocenters. The van der Waals surface area contributed by atoms with E-state index in [4.69, 9.17) is 5.11 Å². The predicted octanol–water partition coefficient (Wildman–Crippen LogP) is 0.746. The molecule has 1 saturated carbocycles. The van der Waals surface area contributed by atoms with Gasteiger partial charge >= 0.3 is 0 Å². The van der Waals surface area contributed by atoms with E-state index in [2.05, 4.69) is 4.98 Å². The molecule has 0 atom stereocenters. The lowest BCUT2D eigenvalue weighted by molar-refractivity contribution is -0.137. The van der Waals surface area contributed by atoms with Crippen LogP contribution >= 0.6 is 0 Å². The molecule has 0 saturated heterocycles. The monoisotopic (exact) mass is 208 g/mol. The fourth-order valence-electron chi connectivity index (χ4n) is 1.79. The average Bonchev–Trinajstić information content (AvgIpc) is 2.89. The molecule has 0 spiro atoms. The number of hydrogen-bond acceptors (Lipinski definition) is 2. The summed E-state index contributed by atoms with van der Waals surface area (Å²) in [5, 5.41) is 9.15. The van der Waals surface area contributed by atoms with Crippen LogP contribution in [0.4, 0.5) is 0 Å². The van der Waals surface area contributed by atoms with Gasteiger partial charge in [-0.3, -0.25) is 4.79 Å². The number of amides is 1. The summed E-state index contributed by atoms with van der Waals surface area (Å²) in [5.41, 5.74) is 0.557. The van der Waals surface area contributed by atoms with Crippen LogP contribution in [0.5, 0.6) is 0 Å². The van der Waals surface area contributed by atoms with Crippen LogP contribution in [0.25, 0.3) is 0 Å². The van der Waals surface area contributed by atoms with Crippen molar-refractivity contribution >= 4 is 5.91 Å². The number of nitrogens with one attached hydrogen (secondary N) is 1. The van der Waals surface area contributed by atoms with Crippen molar-refractivity contribution in [2.45, 2.75) is 19.4 Å².